The maximum atomic E-state index is 10.9. The summed E-state index contributed by atoms with van der Waals surface area (Å²) < 4.78 is 1.96. The summed E-state index contributed by atoms with van der Waals surface area (Å²) in [5.41, 5.74) is 0.935. The first-order chi connectivity index (χ1) is 9.33. The van der Waals surface area contributed by atoms with E-state index >= 15 is 0 Å². The van der Waals surface area contributed by atoms with E-state index in [1.54, 1.807) is 12.3 Å². The number of carbonyl (C=O) groups is 1. The molecule has 0 unspecified atom stereocenters. The van der Waals surface area contributed by atoms with Crippen molar-refractivity contribution in [1.29, 1.82) is 0 Å². The lowest BCUT2D eigenvalue weighted by atomic mass is 10.1. The van der Waals surface area contributed by atoms with Crippen molar-refractivity contribution in [3.8, 4) is 0 Å². The molecule has 0 aliphatic heterocycles. The van der Waals surface area contributed by atoms with Gasteiger partial charge in [-0.1, -0.05) is 58.4 Å². The summed E-state index contributed by atoms with van der Waals surface area (Å²) in [6.45, 7) is 6.86. The lowest BCUT2D eigenvalue weighted by molar-refractivity contribution is 0.111. The van der Waals surface area contributed by atoms with E-state index < -0.39 is 0 Å². The molecule has 0 saturated carbocycles. The summed E-state index contributed by atoms with van der Waals surface area (Å²) in [6.07, 6.45) is 14.6. The molecule has 1 heterocycles. The highest BCUT2D eigenvalue weighted by Crippen LogP contribution is 2.11. The monoisotopic (exact) mass is 262 g/mol. The first-order valence-corrected chi connectivity index (χ1v) is 7.46. The van der Waals surface area contributed by atoms with Gasteiger partial charge in [-0.25, -0.2) is 4.98 Å². The minimum atomic E-state index is 0.512. The Morgan fingerprint density at radius 3 is 2.37 bits per heavy atom. The van der Waals surface area contributed by atoms with Gasteiger partial charge in [0.1, 0.15) is 0 Å². The molecule has 1 aromatic heterocycles. The predicted molar refractivity (Wildman–Crippen MR) is 80.3 cm³/mol. The molecule has 3 heteroatoms. The molecule has 0 aliphatic carbocycles. The molecule has 0 radical (unpaired) electrons. The van der Waals surface area contributed by atoms with E-state index in [1.807, 2.05) is 4.57 Å². The molecule has 0 bridgehead atoms. The third-order valence-corrected chi connectivity index (χ3v) is 3.47. The van der Waals surface area contributed by atoms with Crippen LogP contribution in [0.1, 0.15) is 74.6 Å². The Labute approximate surface area is 116 Å². The Morgan fingerprint density at radius 1 is 1.16 bits per heavy atom. The summed E-state index contributed by atoms with van der Waals surface area (Å²) in [6, 6.07) is 0. The summed E-state index contributed by atoms with van der Waals surface area (Å²) >= 11 is 0. The Bertz CT molecular complexity index is 357. The zero-order valence-electron chi connectivity index (χ0n) is 12.1. The van der Waals surface area contributed by atoms with Gasteiger partial charge in [-0.05, 0) is 12.5 Å². The molecular weight excluding hydrogens is 236 g/mol. The zero-order chi connectivity index (χ0) is 13.9. The van der Waals surface area contributed by atoms with Crippen molar-refractivity contribution in [2.24, 2.45) is 0 Å². The maximum absolute atomic E-state index is 10.9. The number of rotatable bonds is 11. The smallest absolute Gasteiger partial charge is 0.185 e. The van der Waals surface area contributed by atoms with E-state index in [0.29, 0.717) is 5.82 Å². The van der Waals surface area contributed by atoms with Crippen molar-refractivity contribution in [2.45, 2.75) is 64.8 Å². The molecule has 106 valence electrons. The van der Waals surface area contributed by atoms with Crippen molar-refractivity contribution in [3.63, 3.8) is 0 Å². The number of nitrogens with zero attached hydrogens (tertiary/aromatic N) is 2. The van der Waals surface area contributed by atoms with Crippen LogP contribution in [-0.4, -0.2) is 15.8 Å². The fraction of sp³-hybridized carbons (Fsp3) is 0.625. The second kappa shape index (κ2) is 9.54. The van der Waals surface area contributed by atoms with Gasteiger partial charge < -0.3 is 4.57 Å². The van der Waals surface area contributed by atoms with Gasteiger partial charge in [0, 0.05) is 6.54 Å². The van der Waals surface area contributed by atoms with E-state index in [-0.39, 0.29) is 0 Å². The Balaban J connectivity index is 2.20. The minimum absolute atomic E-state index is 0.512. The van der Waals surface area contributed by atoms with Gasteiger partial charge in [0.25, 0.3) is 0 Å². The van der Waals surface area contributed by atoms with Crippen LogP contribution >= 0.6 is 0 Å². The molecule has 1 aromatic rings. The summed E-state index contributed by atoms with van der Waals surface area (Å²) in [7, 11) is 0. The molecule has 0 N–H and O–H groups in total. The normalized spacial score (nSPS) is 10.6. The molecule has 3 nitrogen and oxygen atoms in total. The third-order valence-electron chi connectivity index (χ3n) is 3.47. The number of hydrogen-bond donors (Lipinski definition) is 0. The second-order valence-electron chi connectivity index (χ2n) is 4.99. The van der Waals surface area contributed by atoms with E-state index in [0.717, 1.165) is 24.9 Å². The highest BCUT2D eigenvalue weighted by molar-refractivity contribution is 5.70. The van der Waals surface area contributed by atoms with Crippen molar-refractivity contribution < 1.29 is 4.79 Å². The van der Waals surface area contributed by atoms with E-state index in [1.165, 1.54) is 44.9 Å². The standard InChI is InChI=1S/C16H26N2O/c1-3-5-6-7-8-9-10-11-12-18-15(4-2)13-17-16(18)14-19/h4,13-14H,2-3,5-12H2,1H3. The molecule has 0 aliphatic rings. The molecule has 0 atom stereocenters. The topological polar surface area (TPSA) is 34.9 Å². The predicted octanol–water partition coefficient (Wildman–Crippen LogP) is 4.48. The zero-order valence-corrected chi connectivity index (χ0v) is 12.1. The van der Waals surface area contributed by atoms with Crippen molar-refractivity contribution >= 4 is 12.4 Å². The number of imidazole rings is 1. The van der Waals surface area contributed by atoms with Crippen LogP contribution in [0, 0.1) is 0 Å². The molecule has 19 heavy (non-hydrogen) atoms. The van der Waals surface area contributed by atoms with Crippen LogP contribution < -0.4 is 0 Å². The van der Waals surface area contributed by atoms with Gasteiger partial charge in [-0.3, -0.25) is 4.79 Å². The Hall–Kier alpha value is -1.38. The van der Waals surface area contributed by atoms with Crippen LogP contribution in [0.5, 0.6) is 0 Å². The van der Waals surface area contributed by atoms with Gasteiger partial charge in [0.2, 0.25) is 0 Å². The van der Waals surface area contributed by atoms with Crippen LogP contribution in [0.4, 0.5) is 0 Å². The molecule has 0 fully saturated rings. The van der Waals surface area contributed by atoms with Crippen LogP contribution in [0.25, 0.3) is 6.08 Å². The molecular formula is C16H26N2O. The van der Waals surface area contributed by atoms with Gasteiger partial charge in [0.05, 0.1) is 11.9 Å². The number of carbonyl (C=O) groups excluding carboxylic acids is 1. The van der Waals surface area contributed by atoms with Gasteiger partial charge in [-0.2, -0.15) is 0 Å². The van der Waals surface area contributed by atoms with Crippen molar-refractivity contribution in [3.05, 3.63) is 24.3 Å². The fourth-order valence-corrected chi connectivity index (χ4v) is 2.31. The lowest BCUT2D eigenvalue weighted by Gasteiger charge is -2.07. The highest BCUT2D eigenvalue weighted by Gasteiger charge is 2.05. The summed E-state index contributed by atoms with van der Waals surface area (Å²) in [5.74, 6) is 0.512. The molecule has 0 spiro atoms. The Morgan fingerprint density at radius 2 is 1.79 bits per heavy atom. The molecule has 0 saturated heterocycles. The minimum Gasteiger partial charge on any atom is -0.322 e. The van der Waals surface area contributed by atoms with Gasteiger partial charge in [0.15, 0.2) is 12.1 Å². The third kappa shape index (κ3) is 5.41. The van der Waals surface area contributed by atoms with E-state index in [9.17, 15) is 4.79 Å². The Kier molecular flexibility index (Phi) is 7.87. The van der Waals surface area contributed by atoms with Crippen molar-refractivity contribution in [2.75, 3.05) is 0 Å². The van der Waals surface area contributed by atoms with Crippen LogP contribution in [0.15, 0.2) is 12.8 Å². The number of unbranched alkanes of at least 4 members (excludes halogenated alkanes) is 7. The van der Waals surface area contributed by atoms with Crippen LogP contribution in [0.3, 0.4) is 0 Å². The second-order valence-corrected chi connectivity index (χ2v) is 4.99. The maximum Gasteiger partial charge on any atom is 0.185 e. The highest BCUT2D eigenvalue weighted by atomic mass is 16.1. The average Bonchev–Trinajstić information content (AvgIpc) is 2.83. The van der Waals surface area contributed by atoms with E-state index in [4.69, 9.17) is 0 Å². The van der Waals surface area contributed by atoms with E-state index in [2.05, 4.69) is 18.5 Å². The average molecular weight is 262 g/mol. The van der Waals surface area contributed by atoms with Gasteiger partial charge >= 0.3 is 0 Å². The first kappa shape index (κ1) is 15.7. The number of aldehydes is 1. The molecule has 1 rings (SSSR count). The first-order valence-electron chi connectivity index (χ1n) is 7.46. The summed E-state index contributed by atoms with van der Waals surface area (Å²) in [5, 5.41) is 0. The van der Waals surface area contributed by atoms with Crippen molar-refractivity contribution in [1.82, 2.24) is 9.55 Å². The fourth-order valence-electron chi connectivity index (χ4n) is 2.31. The van der Waals surface area contributed by atoms with Gasteiger partial charge in [-0.15, -0.1) is 0 Å². The molecule has 0 amide bonds. The van der Waals surface area contributed by atoms with Crippen LogP contribution in [-0.2, 0) is 6.54 Å². The quantitative estimate of drug-likeness (QED) is 0.435. The SMILES string of the molecule is C=Cc1cnc(C=O)n1CCCCCCCCCC. The van der Waals surface area contributed by atoms with Crippen LogP contribution in [0.2, 0.25) is 0 Å². The number of aromatic nitrogens is 2. The lowest BCUT2D eigenvalue weighted by Crippen LogP contribution is -2.05. The largest absolute Gasteiger partial charge is 0.322 e. The summed E-state index contributed by atoms with van der Waals surface area (Å²) in [4.78, 5) is 15.0. The molecule has 0 aromatic carbocycles. The number of hydrogen-bond acceptors (Lipinski definition) is 2.